The summed E-state index contributed by atoms with van der Waals surface area (Å²) in [5.74, 6) is -0.607. The van der Waals surface area contributed by atoms with Crippen molar-refractivity contribution in [2.24, 2.45) is 0 Å². The van der Waals surface area contributed by atoms with Crippen molar-refractivity contribution in [2.75, 3.05) is 13.3 Å². The van der Waals surface area contributed by atoms with Crippen molar-refractivity contribution in [3.05, 3.63) is 65.5 Å². The van der Waals surface area contributed by atoms with Crippen LogP contribution < -0.4 is 0 Å². The largest absolute Gasteiger partial charge is 0.339 e. The molecule has 24 heavy (non-hydrogen) atoms. The molecule has 1 unspecified atom stereocenters. The highest BCUT2D eigenvalue weighted by Crippen LogP contribution is 2.22. The van der Waals surface area contributed by atoms with Crippen molar-refractivity contribution in [1.82, 2.24) is 4.90 Å². The lowest BCUT2D eigenvalue weighted by Crippen LogP contribution is -2.31. The molecule has 0 N–H and O–H groups in total. The summed E-state index contributed by atoms with van der Waals surface area (Å²) in [6, 6.07) is 12.4. The van der Waals surface area contributed by atoms with Crippen LogP contribution in [0.4, 0.5) is 4.39 Å². The minimum absolute atomic E-state index is 0.0189. The van der Waals surface area contributed by atoms with Crippen molar-refractivity contribution < 1.29 is 17.6 Å². The number of carbonyl (C=O) groups excluding carboxylic acids is 1. The molecule has 1 atom stereocenters. The van der Waals surface area contributed by atoms with E-state index in [2.05, 4.69) is 0 Å². The van der Waals surface area contributed by atoms with Crippen molar-refractivity contribution in [3.63, 3.8) is 0 Å². The fourth-order valence-electron chi connectivity index (χ4n) is 2.36. The minimum atomic E-state index is -3.25. The molecule has 2 rings (SSSR count). The lowest BCUT2D eigenvalue weighted by Gasteiger charge is -2.25. The van der Waals surface area contributed by atoms with Gasteiger partial charge in [0.1, 0.15) is 5.82 Å². The van der Waals surface area contributed by atoms with Crippen molar-refractivity contribution in [1.29, 1.82) is 0 Å². The maximum Gasteiger partial charge on any atom is 0.227 e. The van der Waals surface area contributed by atoms with Crippen LogP contribution in [-0.2, 0) is 21.1 Å². The number of sulfone groups is 1. The van der Waals surface area contributed by atoms with Gasteiger partial charge >= 0.3 is 0 Å². The number of rotatable bonds is 5. The highest BCUT2D eigenvalue weighted by atomic mass is 32.2. The van der Waals surface area contributed by atoms with Crippen molar-refractivity contribution in [3.8, 4) is 0 Å². The molecule has 2 aromatic carbocycles. The molecule has 0 spiro atoms. The number of benzene rings is 2. The van der Waals surface area contributed by atoms with Gasteiger partial charge in [0.15, 0.2) is 9.84 Å². The first-order valence-corrected chi connectivity index (χ1v) is 9.38. The molecule has 0 aliphatic rings. The Kier molecular flexibility index (Phi) is 5.39. The molecule has 0 radical (unpaired) electrons. The third-order valence-electron chi connectivity index (χ3n) is 4.06. The van der Waals surface area contributed by atoms with Crippen LogP contribution in [0.15, 0.2) is 53.4 Å². The third kappa shape index (κ3) is 4.20. The predicted molar refractivity (Wildman–Crippen MR) is 90.8 cm³/mol. The molecule has 6 heteroatoms. The van der Waals surface area contributed by atoms with Gasteiger partial charge in [-0.05, 0) is 36.2 Å². The number of halogens is 1. The van der Waals surface area contributed by atoms with Crippen molar-refractivity contribution >= 4 is 15.7 Å². The topological polar surface area (TPSA) is 54.5 Å². The van der Waals surface area contributed by atoms with E-state index < -0.39 is 15.7 Å². The monoisotopic (exact) mass is 349 g/mol. The summed E-state index contributed by atoms with van der Waals surface area (Å²) < 4.78 is 36.6. The summed E-state index contributed by atoms with van der Waals surface area (Å²) >= 11 is 0. The van der Waals surface area contributed by atoms with E-state index in [1.165, 1.54) is 23.1 Å². The average molecular weight is 349 g/mol. The molecule has 0 saturated heterocycles. The van der Waals surface area contributed by atoms with E-state index in [9.17, 15) is 17.6 Å². The highest BCUT2D eigenvalue weighted by Gasteiger charge is 2.19. The van der Waals surface area contributed by atoms with Crippen LogP contribution in [0.5, 0.6) is 0 Å². The number of hydrogen-bond acceptors (Lipinski definition) is 3. The molecule has 4 nitrogen and oxygen atoms in total. The Morgan fingerprint density at radius 3 is 2.25 bits per heavy atom. The molecule has 1 amide bonds. The summed E-state index contributed by atoms with van der Waals surface area (Å²) in [7, 11) is -1.60. The van der Waals surface area contributed by atoms with Gasteiger partial charge in [-0.25, -0.2) is 12.8 Å². The van der Waals surface area contributed by atoms with Crippen LogP contribution in [-0.4, -0.2) is 32.5 Å². The average Bonchev–Trinajstić information content (AvgIpc) is 2.55. The van der Waals surface area contributed by atoms with E-state index in [1.54, 1.807) is 37.4 Å². The van der Waals surface area contributed by atoms with Crippen LogP contribution in [0, 0.1) is 5.82 Å². The smallest absolute Gasteiger partial charge is 0.227 e. The van der Waals surface area contributed by atoms with E-state index in [0.717, 1.165) is 11.8 Å². The molecule has 0 saturated carbocycles. The van der Waals surface area contributed by atoms with E-state index in [0.29, 0.717) is 5.56 Å². The Balaban J connectivity index is 2.12. The molecule has 0 bridgehead atoms. The van der Waals surface area contributed by atoms with Crippen LogP contribution in [0.25, 0.3) is 0 Å². The summed E-state index contributed by atoms with van der Waals surface area (Å²) in [6.07, 6.45) is 1.13. The predicted octanol–water partition coefficient (Wildman–Crippen LogP) is 2.99. The van der Waals surface area contributed by atoms with Gasteiger partial charge in [-0.2, -0.15) is 0 Å². The van der Waals surface area contributed by atoms with Gasteiger partial charge in [-0.1, -0.05) is 30.3 Å². The van der Waals surface area contributed by atoms with Gasteiger partial charge in [0, 0.05) is 13.3 Å². The van der Waals surface area contributed by atoms with Gasteiger partial charge in [0.05, 0.1) is 17.4 Å². The zero-order valence-corrected chi connectivity index (χ0v) is 14.7. The molecule has 0 fully saturated rings. The Morgan fingerprint density at radius 2 is 1.71 bits per heavy atom. The molecule has 0 heterocycles. The summed E-state index contributed by atoms with van der Waals surface area (Å²) in [4.78, 5) is 14.1. The van der Waals surface area contributed by atoms with Gasteiger partial charge in [0.2, 0.25) is 5.91 Å². The van der Waals surface area contributed by atoms with Crippen LogP contribution >= 0.6 is 0 Å². The number of nitrogens with zero attached hydrogens (tertiary/aromatic N) is 1. The van der Waals surface area contributed by atoms with E-state index in [-0.39, 0.29) is 23.3 Å². The molecule has 0 aromatic heterocycles. The maximum absolute atomic E-state index is 13.7. The lowest BCUT2D eigenvalue weighted by atomic mass is 10.1. The first-order chi connectivity index (χ1) is 11.2. The third-order valence-corrected chi connectivity index (χ3v) is 5.19. The SMILES string of the molecule is CC(c1ccc(S(C)(=O)=O)cc1)N(C)C(=O)Cc1ccccc1F. The number of hydrogen-bond donors (Lipinski definition) is 0. The van der Waals surface area contributed by atoms with E-state index in [1.807, 2.05) is 6.92 Å². The van der Waals surface area contributed by atoms with Crippen molar-refractivity contribution in [2.45, 2.75) is 24.3 Å². The van der Waals surface area contributed by atoms with E-state index >= 15 is 0 Å². The number of amides is 1. The molecular formula is C18H20FNO3S. The zero-order chi connectivity index (χ0) is 17.9. The molecular weight excluding hydrogens is 329 g/mol. The second-order valence-electron chi connectivity index (χ2n) is 5.79. The first-order valence-electron chi connectivity index (χ1n) is 7.49. The molecule has 2 aromatic rings. The van der Waals surface area contributed by atoms with Gasteiger partial charge in [-0.15, -0.1) is 0 Å². The summed E-state index contributed by atoms with van der Waals surface area (Å²) in [6.45, 7) is 1.84. The van der Waals surface area contributed by atoms with Gasteiger partial charge in [-0.3, -0.25) is 4.79 Å². The first kappa shape index (κ1) is 18.1. The minimum Gasteiger partial charge on any atom is -0.339 e. The van der Waals surface area contributed by atoms with Crippen LogP contribution in [0.1, 0.15) is 24.1 Å². The molecule has 128 valence electrons. The Hall–Kier alpha value is -2.21. The van der Waals surface area contributed by atoms with Gasteiger partial charge < -0.3 is 4.90 Å². The summed E-state index contributed by atoms with van der Waals surface area (Å²) in [5, 5.41) is 0. The Morgan fingerprint density at radius 1 is 1.12 bits per heavy atom. The fraction of sp³-hybridized carbons (Fsp3) is 0.278. The quantitative estimate of drug-likeness (QED) is 0.834. The fourth-order valence-corrected chi connectivity index (χ4v) is 2.99. The molecule has 0 aliphatic heterocycles. The summed E-state index contributed by atoms with van der Waals surface area (Å²) in [5.41, 5.74) is 1.17. The van der Waals surface area contributed by atoms with Crippen LogP contribution in [0.3, 0.4) is 0 Å². The number of carbonyl (C=O) groups is 1. The molecule has 0 aliphatic carbocycles. The van der Waals surface area contributed by atoms with Gasteiger partial charge in [0.25, 0.3) is 0 Å². The lowest BCUT2D eigenvalue weighted by molar-refractivity contribution is -0.131. The second-order valence-corrected chi connectivity index (χ2v) is 7.81. The maximum atomic E-state index is 13.7. The highest BCUT2D eigenvalue weighted by molar-refractivity contribution is 7.90. The number of likely N-dealkylation sites (N-methyl/N-ethyl adjacent to an activating group) is 1. The Labute approximate surface area is 141 Å². The standard InChI is InChI=1S/C18H20FNO3S/c1-13(14-8-10-16(11-9-14)24(3,22)23)20(2)18(21)12-15-6-4-5-7-17(15)19/h4-11,13H,12H2,1-3H3. The second kappa shape index (κ2) is 7.13. The normalized spacial score (nSPS) is 12.7. The Bertz CT molecular complexity index is 832. The van der Waals surface area contributed by atoms with E-state index in [4.69, 9.17) is 0 Å². The zero-order valence-electron chi connectivity index (χ0n) is 13.9. The van der Waals surface area contributed by atoms with Crippen LogP contribution in [0.2, 0.25) is 0 Å².